The monoisotopic (exact) mass is 324 g/mol. The molecule has 2 aromatic rings. The van der Waals surface area contributed by atoms with E-state index in [4.69, 9.17) is 0 Å². The molecule has 126 valence electrons. The zero-order valence-electron chi connectivity index (χ0n) is 14.1. The minimum absolute atomic E-state index is 0.0345. The summed E-state index contributed by atoms with van der Waals surface area (Å²) in [7, 11) is 0. The largest absolute Gasteiger partial charge is 0.349 e. The first-order chi connectivity index (χ1) is 11.7. The lowest BCUT2D eigenvalue weighted by molar-refractivity contribution is 0.0944. The fourth-order valence-corrected chi connectivity index (χ4v) is 3.75. The molecule has 4 rings (SSSR count). The lowest BCUT2D eigenvalue weighted by Gasteiger charge is -2.11. The number of nitrogens with one attached hydrogen (secondary N) is 2. The molecule has 1 atom stereocenters. The Balaban J connectivity index is 1.58. The van der Waals surface area contributed by atoms with Crippen LogP contribution in [0.25, 0.3) is 5.69 Å². The van der Waals surface area contributed by atoms with Crippen LogP contribution in [0.5, 0.6) is 0 Å². The highest BCUT2D eigenvalue weighted by molar-refractivity contribution is 5.94. The van der Waals surface area contributed by atoms with Gasteiger partial charge in [-0.15, -0.1) is 0 Å². The Hall–Kier alpha value is -2.14. The Bertz CT molecular complexity index is 741. The maximum absolute atomic E-state index is 12.6. The molecule has 1 unspecified atom stereocenters. The average Bonchev–Trinajstić information content (AvgIpc) is 3.31. The van der Waals surface area contributed by atoms with Crippen LogP contribution in [0.1, 0.15) is 46.6 Å². The van der Waals surface area contributed by atoms with Crippen LogP contribution in [0.3, 0.4) is 0 Å². The first kappa shape index (κ1) is 15.4. The number of nitrogens with zero attached hydrogens (tertiary/aromatic N) is 2. The fraction of sp³-hybridized carbons (Fsp3) is 0.474. The summed E-state index contributed by atoms with van der Waals surface area (Å²) < 4.78 is 1.96. The van der Waals surface area contributed by atoms with E-state index in [9.17, 15) is 4.79 Å². The van der Waals surface area contributed by atoms with Crippen LogP contribution in [-0.4, -0.2) is 34.8 Å². The van der Waals surface area contributed by atoms with Crippen molar-refractivity contribution in [3.05, 3.63) is 46.8 Å². The smallest absolute Gasteiger partial charge is 0.272 e. The van der Waals surface area contributed by atoms with E-state index in [1.165, 1.54) is 17.7 Å². The second-order valence-corrected chi connectivity index (χ2v) is 6.88. The Morgan fingerprint density at radius 2 is 2.12 bits per heavy atom. The molecule has 1 aromatic heterocycles. The van der Waals surface area contributed by atoms with Gasteiger partial charge < -0.3 is 10.6 Å². The summed E-state index contributed by atoms with van der Waals surface area (Å²) in [6.45, 7) is 3.82. The zero-order chi connectivity index (χ0) is 16.5. The Kier molecular flexibility index (Phi) is 4.10. The van der Waals surface area contributed by atoms with Crippen LogP contribution in [0.2, 0.25) is 0 Å². The molecule has 2 N–H and O–H groups in total. The summed E-state index contributed by atoms with van der Waals surface area (Å²) in [5.41, 5.74) is 5.20. The standard InChI is InChI=1S/C19H24N4O/c1-13-7-9-15(10-8-13)23-17-6-2-5-16(17)18(22-23)19(24)21-12-14-4-3-11-20-14/h7-10,14,20H,2-6,11-12H2,1H3,(H,21,24). The van der Waals surface area contributed by atoms with Crippen molar-refractivity contribution in [2.45, 2.75) is 45.1 Å². The van der Waals surface area contributed by atoms with Crippen LogP contribution >= 0.6 is 0 Å². The summed E-state index contributed by atoms with van der Waals surface area (Å²) in [5, 5.41) is 11.1. The van der Waals surface area contributed by atoms with Crippen molar-refractivity contribution in [3.63, 3.8) is 0 Å². The van der Waals surface area contributed by atoms with Crippen LogP contribution < -0.4 is 10.6 Å². The van der Waals surface area contributed by atoms with Gasteiger partial charge in [-0.2, -0.15) is 5.10 Å². The molecule has 1 fully saturated rings. The number of aryl methyl sites for hydroxylation is 1. The maximum Gasteiger partial charge on any atom is 0.272 e. The molecule has 24 heavy (non-hydrogen) atoms. The van der Waals surface area contributed by atoms with Crippen molar-refractivity contribution in [3.8, 4) is 5.69 Å². The highest BCUT2D eigenvalue weighted by Crippen LogP contribution is 2.28. The molecule has 1 aromatic carbocycles. The lowest BCUT2D eigenvalue weighted by atomic mass is 10.2. The highest BCUT2D eigenvalue weighted by atomic mass is 16.2. The average molecular weight is 324 g/mol. The van der Waals surface area contributed by atoms with Crippen LogP contribution in [0.15, 0.2) is 24.3 Å². The molecule has 5 heteroatoms. The number of carbonyl (C=O) groups excluding carboxylic acids is 1. The van der Waals surface area contributed by atoms with Gasteiger partial charge in [0.1, 0.15) is 0 Å². The Labute approximate surface area is 142 Å². The quantitative estimate of drug-likeness (QED) is 0.906. The van der Waals surface area contributed by atoms with Crippen molar-refractivity contribution < 1.29 is 4.79 Å². The predicted octanol–water partition coefficient (Wildman–Crippen LogP) is 2.15. The van der Waals surface area contributed by atoms with Gasteiger partial charge in [0.15, 0.2) is 5.69 Å². The van der Waals surface area contributed by atoms with Crippen molar-refractivity contribution in [1.82, 2.24) is 20.4 Å². The zero-order valence-corrected chi connectivity index (χ0v) is 14.1. The topological polar surface area (TPSA) is 59.0 Å². The van der Waals surface area contributed by atoms with Gasteiger partial charge in [-0.1, -0.05) is 17.7 Å². The predicted molar refractivity (Wildman–Crippen MR) is 93.7 cm³/mol. The molecule has 2 aliphatic rings. The van der Waals surface area contributed by atoms with Crippen LogP contribution in [0.4, 0.5) is 0 Å². The van der Waals surface area contributed by atoms with E-state index in [0.29, 0.717) is 18.3 Å². The summed E-state index contributed by atoms with van der Waals surface area (Å²) in [5.74, 6) is -0.0345. The van der Waals surface area contributed by atoms with Crippen LogP contribution in [-0.2, 0) is 12.8 Å². The number of benzene rings is 1. The normalized spacial score (nSPS) is 19.5. The summed E-state index contributed by atoms with van der Waals surface area (Å²) in [4.78, 5) is 12.6. The van der Waals surface area contributed by atoms with E-state index in [2.05, 4.69) is 46.9 Å². The molecule has 1 saturated heterocycles. The van der Waals surface area contributed by atoms with Crippen molar-refractivity contribution in [2.24, 2.45) is 0 Å². The van der Waals surface area contributed by atoms with Crippen molar-refractivity contribution in [1.29, 1.82) is 0 Å². The number of fused-ring (bicyclic) bond motifs is 1. The summed E-state index contributed by atoms with van der Waals surface area (Å²) in [6.07, 6.45) is 5.37. The third-order valence-corrected chi connectivity index (χ3v) is 5.10. The van der Waals surface area contributed by atoms with Crippen molar-refractivity contribution in [2.75, 3.05) is 13.1 Å². The summed E-state index contributed by atoms with van der Waals surface area (Å²) in [6, 6.07) is 8.73. The van der Waals surface area contributed by atoms with Crippen molar-refractivity contribution >= 4 is 5.91 Å². The second kappa shape index (κ2) is 6.40. The number of amides is 1. The number of aromatic nitrogens is 2. The number of rotatable bonds is 4. The fourth-order valence-electron chi connectivity index (χ4n) is 3.75. The number of carbonyl (C=O) groups is 1. The van der Waals surface area contributed by atoms with Gasteiger partial charge >= 0.3 is 0 Å². The van der Waals surface area contributed by atoms with E-state index < -0.39 is 0 Å². The first-order valence-corrected chi connectivity index (χ1v) is 8.92. The molecule has 0 radical (unpaired) electrons. The van der Waals surface area contributed by atoms with Gasteiger partial charge in [-0.25, -0.2) is 4.68 Å². The molecule has 1 aliphatic carbocycles. The molecule has 5 nitrogen and oxygen atoms in total. The van der Waals surface area contributed by atoms with Gasteiger partial charge in [0.2, 0.25) is 0 Å². The van der Waals surface area contributed by atoms with Gasteiger partial charge in [-0.05, 0) is 57.7 Å². The summed E-state index contributed by atoms with van der Waals surface area (Å²) >= 11 is 0. The molecule has 0 bridgehead atoms. The molecule has 2 heterocycles. The second-order valence-electron chi connectivity index (χ2n) is 6.88. The third kappa shape index (κ3) is 2.84. The van der Waals surface area contributed by atoms with E-state index >= 15 is 0 Å². The Morgan fingerprint density at radius 3 is 2.88 bits per heavy atom. The minimum atomic E-state index is -0.0345. The van der Waals surface area contributed by atoms with E-state index in [1.807, 2.05) is 4.68 Å². The number of hydrogen-bond donors (Lipinski definition) is 2. The Morgan fingerprint density at radius 1 is 1.29 bits per heavy atom. The van der Waals surface area contributed by atoms with Gasteiger partial charge in [0.25, 0.3) is 5.91 Å². The van der Waals surface area contributed by atoms with Gasteiger partial charge in [-0.3, -0.25) is 4.79 Å². The van der Waals surface area contributed by atoms with E-state index in [-0.39, 0.29) is 5.91 Å². The lowest BCUT2D eigenvalue weighted by Crippen LogP contribution is -2.37. The van der Waals surface area contributed by atoms with Gasteiger partial charge in [0, 0.05) is 23.8 Å². The molecule has 1 amide bonds. The molecule has 0 saturated carbocycles. The van der Waals surface area contributed by atoms with Gasteiger partial charge in [0.05, 0.1) is 5.69 Å². The molecular weight excluding hydrogens is 300 g/mol. The first-order valence-electron chi connectivity index (χ1n) is 8.92. The molecular formula is C19H24N4O. The maximum atomic E-state index is 12.6. The minimum Gasteiger partial charge on any atom is -0.349 e. The SMILES string of the molecule is Cc1ccc(-n2nc(C(=O)NCC3CCCN3)c3c2CCC3)cc1. The van der Waals surface area contributed by atoms with E-state index in [0.717, 1.165) is 43.5 Å². The number of hydrogen-bond acceptors (Lipinski definition) is 3. The molecule has 1 aliphatic heterocycles. The van der Waals surface area contributed by atoms with Crippen LogP contribution in [0, 0.1) is 6.92 Å². The van der Waals surface area contributed by atoms with E-state index in [1.54, 1.807) is 0 Å². The third-order valence-electron chi connectivity index (χ3n) is 5.10. The molecule has 0 spiro atoms. The highest BCUT2D eigenvalue weighted by Gasteiger charge is 2.27.